The fraction of sp³-hybridized carbons (Fsp3) is 0.200. The van der Waals surface area contributed by atoms with Crippen LogP contribution in [0.3, 0.4) is 0 Å². The first-order chi connectivity index (χ1) is 12.7. The summed E-state index contributed by atoms with van der Waals surface area (Å²) in [5.41, 5.74) is 3.31. The van der Waals surface area contributed by atoms with Crippen LogP contribution in [0.15, 0.2) is 75.1 Å². The highest BCUT2D eigenvalue weighted by Gasteiger charge is 2.37. The molecule has 1 fully saturated rings. The van der Waals surface area contributed by atoms with Crippen LogP contribution in [0.1, 0.15) is 5.56 Å². The topological polar surface area (TPSA) is 35.9 Å². The molecule has 0 atom stereocenters. The summed E-state index contributed by atoms with van der Waals surface area (Å²) >= 11 is 3.26. The third kappa shape index (κ3) is 3.04. The molecule has 0 aromatic heterocycles. The van der Waals surface area contributed by atoms with Crippen molar-refractivity contribution in [3.63, 3.8) is 0 Å². The molecule has 0 unspecified atom stereocenters. The molecule has 26 heavy (non-hydrogen) atoms. The van der Waals surface area contributed by atoms with E-state index in [0.717, 1.165) is 32.8 Å². The van der Waals surface area contributed by atoms with Gasteiger partial charge in [-0.3, -0.25) is 14.7 Å². The molecule has 2 heterocycles. The quantitative estimate of drug-likeness (QED) is 0.731. The fourth-order valence-corrected chi connectivity index (χ4v) is 5.42. The van der Waals surface area contributed by atoms with Crippen molar-refractivity contribution < 1.29 is 4.79 Å². The number of thioether (sulfide) groups is 2. The Balaban J connectivity index is 1.68. The summed E-state index contributed by atoms with van der Waals surface area (Å²) in [6.45, 7) is 0.545. The summed E-state index contributed by atoms with van der Waals surface area (Å²) < 4.78 is 0. The molecule has 2 aliphatic rings. The lowest BCUT2D eigenvalue weighted by atomic mass is 10.2. The molecule has 0 saturated carbocycles. The number of anilines is 1. The van der Waals surface area contributed by atoms with Gasteiger partial charge in [-0.15, -0.1) is 11.8 Å². The molecule has 4 rings (SSSR count). The molecule has 0 bridgehead atoms. The van der Waals surface area contributed by atoms with Crippen molar-refractivity contribution in [2.45, 2.75) is 11.4 Å². The van der Waals surface area contributed by atoms with Gasteiger partial charge in [-0.25, -0.2) is 0 Å². The highest BCUT2D eigenvalue weighted by atomic mass is 32.2. The second-order valence-corrected chi connectivity index (χ2v) is 8.07. The number of aliphatic imine (C=N–C) groups is 1. The molecule has 2 aromatic carbocycles. The monoisotopic (exact) mass is 381 g/mol. The molecule has 4 nitrogen and oxygen atoms in total. The number of fused-ring (bicyclic) bond motifs is 1. The molecule has 6 heteroatoms. The number of carbonyl (C=O) groups excluding carboxylic acids is 1. The first-order valence-corrected chi connectivity index (χ1v) is 10.2. The lowest BCUT2D eigenvalue weighted by Crippen LogP contribution is -2.30. The van der Waals surface area contributed by atoms with Gasteiger partial charge in [-0.05, 0) is 29.5 Å². The predicted molar refractivity (Wildman–Crippen MR) is 111 cm³/mol. The van der Waals surface area contributed by atoms with Gasteiger partial charge < -0.3 is 4.90 Å². The van der Waals surface area contributed by atoms with Crippen LogP contribution in [0.25, 0.3) is 0 Å². The number of amides is 1. The summed E-state index contributed by atoms with van der Waals surface area (Å²) in [5, 5.41) is 0.763. The normalized spacial score (nSPS) is 21.5. The Morgan fingerprint density at radius 3 is 2.58 bits per heavy atom. The Morgan fingerprint density at radius 1 is 1.08 bits per heavy atom. The SMILES string of the molecule is CN=C1S/C(=C2\CSc3ccccc3N2C)C(=O)N1Cc1ccccc1. The van der Waals surface area contributed by atoms with Gasteiger partial charge in [0.05, 0.1) is 12.2 Å². The number of nitrogens with zero attached hydrogens (tertiary/aromatic N) is 3. The van der Waals surface area contributed by atoms with Gasteiger partial charge >= 0.3 is 0 Å². The Hall–Kier alpha value is -2.18. The Labute approximate surface area is 162 Å². The average Bonchev–Trinajstić information content (AvgIpc) is 2.99. The summed E-state index contributed by atoms with van der Waals surface area (Å²) in [6, 6.07) is 18.4. The van der Waals surface area contributed by atoms with E-state index in [2.05, 4.69) is 28.1 Å². The Bertz CT molecular complexity index is 908. The molecule has 132 valence electrons. The van der Waals surface area contributed by atoms with Gasteiger partial charge in [0.2, 0.25) is 0 Å². The van der Waals surface area contributed by atoms with Gasteiger partial charge in [-0.1, -0.05) is 42.5 Å². The van der Waals surface area contributed by atoms with E-state index in [1.165, 1.54) is 16.7 Å². The molecular formula is C20H19N3OS2. The molecule has 2 aromatic rings. The second kappa shape index (κ2) is 7.21. The zero-order valence-electron chi connectivity index (χ0n) is 14.7. The van der Waals surface area contributed by atoms with E-state index >= 15 is 0 Å². The van der Waals surface area contributed by atoms with Crippen LogP contribution in [0.4, 0.5) is 5.69 Å². The van der Waals surface area contributed by atoms with Gasteiger partial charge in [0.1, 0.15) is 4.91 Å². The highest BCUT2D eigenvalue weighted by molar-refractivity contribution is 8.18. The molecule has 1 amide bonds. The van der Waals surface area contributed by atoms with Crippen LogP contribution in [0, 0.1) is 0 Å². The van der Waals surface area contributed by atoms with E-state index < -0.39 is 0 Å². The third-order valence-electron chi connectivity index (χ3n) is 4.50. The average molecular weight is 382 g/mol. The zero-order chi connectivity index (χ0) is 18.1. The van der Waals surface area contributed by atoms with E-state index in [1.807, 2.05) is 43.4 Å². The largest absolute Gasteiger partial charge is 0.345 e. The van der Waals surface area contributed by atoms with Crippen molar-refractivity contribution in [1.29, 1.82) is 0 Å². The van der Waals surface area contributed by atoms with Crippen LogP contribution in [-0.4, -0.2) is 35.8 Å². The number of para-hydroxylation sites is 1. The smallest absolute Gasteiger partial charge is 0.268 e. The second-order valence-electron chi connectivity index (χ2n) is 6.08. The van der Waals surface area contributed by atoms with Crippen molar-refractivity contribution in [2.75, 3.05) is 24.7 Å². The predicted octanol–water partition coefficient (Wildman–Crippen LogP) is 4.20. The van der Waals surface area contributed by atoms with E-state index in [-0.39, 0.29) is 5.91 Å². The third-order valence-corrected chi connectivity index (χ3v) is 6.77. The van der Waals surface area contributed by atoms with E-state index in [1.54, 1.807) is 23.7 Å². The minimum absolute atomic E-state index is 0.0429. The molecule has 0 N–H and O–H groups in total. The molecule has 0 aliphatic carbocycles. The Kier molecular flexibility index (Phi) is 4.78. The summed E-state index contributed by atoms with van der Waals surface area (Å²) in [7, 11) is 3.78. The lowest BCUT2D eigenvalue weighted by Gasteiger charge is -2.30. The lowest BCUT2D eigenvalue weighted by molar-refractivity contribution is -0.122. The van der Waals surface area contributed by atoms with Crippen molar-refractivity contribution in [2.24, 2.45) is 4.99 Å². The number of carbonyl (C=O) groups is 1. The minimum atomic E-state index is 0.0429. The molecule has 0 spiro atoms. The molecule has 1 saturated heterocycles. The van der Waals surface area contributed by atoms with Crippen molar-refractivity contribution in [1.82, 2.24) is 4.90 Å². The van der Waals surface area contributed by atoms with Crippen molar-refractivity contribution in [3.05, 3.63) is 70.8 Å². The summed E-state index contributed by atoms with van der Waals surface area (Å²) in [5.74, 6) is 0.832. The van der Waals surface area contributed by atoms with Gasteiger partial charge in [0, 0.05) is 30.4 Å². The number of benzene rings is 2. The first-order valence-electron chi connectivity index (χ1n) is 8.38. The maximum atomic E-state index is 13.2. The maximum absolute atomic E-state index is 13.2. The molecule has 2 aliphatic heterocycles. The van der Waals surface area contributed by atoms with Gasteiger partial charge in [-0.2, -0.15) is 0 Å². The van der Waals surface area contributed by atoms with Crippen molar-refractivity contribution in [3.8, 4) is 0 Å². The zero-order valence-corrected chi connectivity index (χ0v) is 16.3. The first kappa shape index (κ1) is 17.2. The van der Waals surface area contributed by atoms with Crippen LogP contribution < -0.4 is 4.90 Å². The number of rotatable bonds is 2. The number of hydrogen-bond donors (Lipinski definition) is 0. The summed E-state index contributed by atoms with van der Waals surface area (Å²) in [6.07, 6.45) is 0. The van der Waals surface area contributed by atoms with Crippen LogP contribution in [0.2, 0.25) is 0 Å². The van der Waals surface area contributed by atoms with E-state index in [0.29, 0.717) is 6.54 Å². The van der Waals surface area contributed by atoms with Crippen molar-refractivity contribution >= 4 is 40.3 Å². The number of hydrogen-bond acceptors (Lipinski definition) is 5. The summed E-state index contributed by atoms with van der Waals surface area (Å²) in [4.78, 5) is 23.5. The number of amidine groups is 1. The van der Waals surface area contributed by atoms with Gasteiger partial charge in [0.15, 0.2) is 5.17 Å². The van der Waals surface area contributed by atoms with Crippen LogP contribution >= 0.6 is 23.5 Å². The van der Waals surface area contributed by atoms with Crippen LogP contribution in [-0.2, 0) is 11.3 Å². The molecular weight excluding hydrogens is 362 g/mol. The minimum Gasteiger partial charge on any atom is -0.345 e. The standard InChI is InChI=1S/C20H19N3OS2/c1-21-20-23(12-14-8-4-3-5-9-14)19(24)18(26-20)16-13-25-17-11-7-6-10-15(17)22(16)2/h3-11H,12-13H2,1-2H3/b18-16+,21-20?. The van der Waals surface area contributed by atoms with Crippen LogP contribution in [0.5, 0.6) is 0 Å². The maximum Gasteiger partial charge on any atom is 0.268 e. The van der Waals surface area contributed by atoms with E-state index in [4.69, 9.17) is 0 Å². The molecule has 0 radical (unpaired) electrons. The Morgan fingerprint density at radius 2 is 1.81 bits per heavy atom. The van der Waals surface area contributed by atoms with E-state index in [9.17, 15) is 4.79 Å². The fourth-order valence-electron chi connectivity index (χ4n) is 3.12. The highest BCUT2D eigenvalue weighted by Crippen LogP contribution is 2.43. The van der Waals surface area contributed by atoms with Gasteiger partial charge in [0.25, 0.3) is 5.91 Å².